The van der Waals surface area contributed by atoms with Gasteiger partial charge in [-0.05, 0) is 73.0 Å². The Morgan fingerprint density at radius 3 is 2.76 bits per heavy atom. The summed E-state index contributed by atoms with van der Waals surface area (Å²) in [5, 5.41) is 0. The molecule has 0 radical (unpaired) electrons. The summed E-state index contributed by atoms with van der Waals surface area (Å²) >= 11 is 0. The molecule has 1 aromatic heterocycles. The minimum absolute atomic E-state index is 0.244. The van der Waals surface area contributed by atoms with Crippen molar-refractivity contribution in [3.05, 3.63) is 18.6 Å². The molecule has 158 valence electrons. The Kier molecular flexibility index (Phi) is 4.45. The van der Waals surface area contributed by atoms with E-state index < -0.39 is 0 Å². The Bertz CT molecular complexity index is 786. The van der Waals surface area contributed by atoms with Crippen LogP contribution < -0.4 is 4.74 Å². The van der Waals surface area contributed by atoms with Crippen LogP contribution in [0.5, 0.6) is 5.88 Å². The third kappa shape index (κ3) is 2.90. The van der Waals surface area contributed by atoms with Gasteiger partial charge in [0.15, 0.2) is 0 Å². The van der Waals surface area contributed by atoms with Crippen LogP contribution in [0, 0.1) is 34.5 Å². The Morgan fingerprint density at radius 2 is 2.00 bits per heavy atom. The maximum atomic E-state index is 12.4. The van der Waals surface area contributed by atoms with Gasteiger partial charge in [-0.3, -0.25) is 9.78 Å². The first-order valence-corrected chi connectivity index (χ1v) is 11.5. The first-order chi connectivity index (χ1) is 13.8. The second-order valence-electron chi connectivity index (χ2n) is 10.9. The Hall–Kier alpha value is -1.65. The van der Waals surface area contributed by atoms with E-state index in [1.165, 1.54) is 12.8 Å². The fourth-order valence-electron chi connectivity index (χ4n) is 8.06. The molecule has 1 saturated heterocycles. The molecule has 4 fully saturated rings. The number of likely N-dealkylation sites (tertiary alicyclic amines) is 1. The second kappa shape index (κ2) is 6.68. The van der Waals surface area contributed by atoms with E-state index in [0.717, 1.165) is 43.9 Å². The molecule has 29 heavy (non-hydrogen) atoms. The van der Waals surface area contributed by atoms with Crippen molar-refractivity contribution >= 4 is 5.91 Å². The number of amides is 1. The highest BCUT2D eigenvalue weighted by atomic mass is 16.5. The number of hydrogen-bond donors (Lipinski definition) is 0. The monoisotopic (exact) mass is 397 g/mol. The summed E-state index contributed by atoms with van der Waals surface area (Å²) < 4.78 is 6.28. The normalized spacial score (nSPS) is 46.6. The van der Waals surface area contributed by atoms with Crippen molar-refractivity contribution < 1.29 is 9.53 Å². The van der Waals surface area contributed by atoms with E-state index in [2.05, 4.69) is 35.6 Å². The zero-order chi connectivity index (χ0) is 20.4. The first-order valence-electron chi connectivity index (χ1n) is 11.5. The number of carbonyl (C=O) groups excluding carboxylic acids is 1. The summed E-state index contributed by atoms with van der Waals surface area (Å²) in [6.07, 6.45) is 13.2. The lowest BCUT2D eigenvalue weighted by Gasteiger charge is -2.63. The van der Waals surface area contributed by atoms with E-state index in [1.54, 1.807) is 18.6 Å². The van der Waals surface area contributed by atoms with E-state index in [9.17, 15) is 4.79 Å². The fraction of sp³-hybridized carbons (Fsp3) is 0.792. The van der Waals surface area contributed by atoms with Gasteiger partial charge < -0.3 is 9.64 Å². The molecule has 4 aliphatic rings. The molecule has 5 nitrogen and oxygen atoms in total. The minimum atomic E-state index is 0.244. The number of carbonyl (C=O) groups is 1. The molecule has 1 amide bonds. The zero-order valence-electron chi connectivity index (χ0n) is 18.3. The smallest absolute Gasteiger partial charge is 0.232 e. The van der Waals surface area contributed by atoms with Gasteiger partial charge in [-0.25, -0.2) is 4.98 Å². The standard InChI is InChI=1S/C24H35N3O2/c1-15-11-19-24(3,8-6-21(28)27(19)4)17-5-7-23(2)13-16(12-18(23)22(15)17)29-20-14-25-9-10-26-20/h9-10,14-19,22H,5-8,11-13H2,1-4H3/t15-,16-,17-,18-,19+,22?,23+,24+/m0/s1. The molecule has 5 heteroatoms. The number of aromatic nitrogens is 2. The van der Waals surface area contributed by atoms with E-state index in [4.69, 9.17) is 4.74 Å². The summed E-state index contributed by atoms with van der Waals surface area (Å²) in [6, 6.07) is 0.414. The fourth-order valence-corrected chi connectivity index (χ4v) is 8.06. The molecule has 0 aromatic carbocycles. The highest BCUT2D eigenvalue weighted by Gasteiger charge is 2.62. The van der Waals surface area contributed by atoms with Gasteiger partial charge in [0.25, 0.3) is 0 Å². The van der Waals surface area contributed by atoms with Crippen LogP contribution in [0.15, 0.2) is 18.6 Å². The predicted molar refractivity (Wildman–Crippen MR) is 111 cm³/mol. The first kappa shape index (κ1) is 19.3. The van der Waals surface area contributed by atoms with Crippen LogP contribution in [-0.2, 0) is 4.79 Å². The minimum Gasteiger partial charge on any atom is -0.473 e. The van der Waals surface area contributed by atoms with Gasteiger partial charge in [-0.15, -0.1) is 0 Å². The molecule has 0 spiro atoms. The van der Waals surface area contributed by atoms with Gasteiger partial charge in [-0.2, -0.15) is 0 Å². The Balaban J connectivity index is 1.41. The van der Waals surface area contributed by atoms with Crippen molar-refractivity contribution in [2.24, 2.45) is 34.5 Å². The molecular weight excluding hydrogens is 362 g/mol. The molecule has 1 aliphatic heterocycles. The lowest BCUT2D eigenvalue weighted by Crippen LogP contribution is -2.62. The largest absolute Gasteiger partial charge is 0.473 e. The summed E-state index contributed by atoms with van der Waals surface area (Å²) in [5.41, 5.74) is 0.632. The molecule has 1 unspecified atom stereocenters. The zero-order valence-corrected chi connectivity index (χ0v) is 18.3. The maximum Gasteiger partial charge on any atom is 0.232 e. The van der Waals surface area contributed by atoms with Crippen molar-refractivity contribution in [2.75, 3.05) is 7.05 Å². The van der Waals surface area contributed by atoms with Crippen molar-refractivity contribution in [1.29, 1.82) is 0 Å². The molecule has 3 saturated carbocycles. The number of rotatable bonds is 2. The van der Waals surface area contributed by atoms with Crippen LogP contribution in [0.3, 0.4) is 0 Å². The highest BCUT2D eigenvalue weighted by Crippen LogP contribution is 2.66. The lowest BCUT2D eigenvalue weighted by molar-refractivity contribution is -0.164. The maximum absolute atomic E-state index is 12.4. The van der Waals surface area contributed by atoms with E-state index in [1.807, 2.05) is 7.05 Å². The quantitative estimate of drug-likeness (QED) is 0.745. The van der Waals surface area contributed by atoms with Crippen molar-refractivity contribution in [1.82, 2.24) is 14.9 Å². The molecule has 5 rings (SSSR count). The second-order valence-corrected chi connectivity index (χ2v) is 10.9. The Labute approximate surface area is 174 Å². The van der Waals surface area contributed by atoms with Crippen LogP contribution in [-0.4, -0.2) is 40.0 Å². The van der Waals surface area contributed by atoms with E-state index in [0.29, 0.717) is 35.1 Å². The average molecular weight is 398 g/mol. The van der Waals surface area contributed by atoms with Gasteiger partial charge in [-0.1, -0.05) is 20.8 Å². The van der Waals surface area contributed by atoms with Gasteiger partial charge in [0.2, 0.25) is 11.8 Å². The highest BCUT2D eigenvalue weighted by molar-refractivity contribution is 5.77. The van der Waals surface area contributed by atoms with Gasteiger partial charge in [0.05, 0.1) is 6.20 Å². The molecule has 3 aliphatic carbocycles. The number of piperidine rings is 1. The lowest BCUT2D eigenvalue weighted by atomic mass is 9.45. The van der Waals surface area contributed by atoms with Crippen LogP contribution in [0.2, 0.25) is 0 Å². The van der Waals surface area contributed by atoms with Crippen LogP contribution >= 0.6 is 0 Å². The molecule has 8 atom stereocenters. The molecule has 0 bridgehead atoms. The summed E-state index contributed by atoms with van der Waals surface area (Å²) in [4.78, 5) is 23.0. The Morgan fingerprint density at radius 1 is 1.17 bits per heavy atom. The number of ether oxygens (including phenoxy) is 1. The van der Waals surface area contributed by atoms with E-state index in [-0.39, 0.29) is 11.5 Å². The summed E-state index contributed by atoms with van der Waals surface area (Å²) in [6.45, 7) is 7.45. The van der Waals surface area contributed by atoms with Gasteiger partial charge in [0.1, 0.15) is 6.10 Å². The molecule has 1 aromatic rings. The van der Waals surface area contributed by atoms with Crippen molar-refractivity contribution in [3.8, 4) is 5.88 Å². The third-order valence-corrected chi connectivity index (χ3v) is 9.49. The van der Waals surface area contributed by atoms with Gasteiger partial charge >= 0.3 is 0 Å². The molecule has 0 N–H and O–H groups in total. The van der Waals surface area contributed by atoms with Crippen molar-refractivity contribution in [3.63, 3.8) is 0 Å². The van der Waals surface area contributed by atoms with Gasteiger partial charge in [0, 0.05) is 31.9 Å². The van der Waals surface area contributed by atoms with E-state index >= 15 is 0 Å². The third-order valence-electron chi connectivity index (χ3n) is 9.49. The molecule has 2 heterocycles. The topological polar surface area (TPSA) is 55.3 Å². The number of hydrogen-bond acceptors (Lipinski definition) is 4. The SMILES string of the molecule is C[C@H]1C[C@H]2N(C)C(=O)CC[C@]2(C)[C@H]2CC[C@]3(C)C[C@@H](Oc4cnccn4)C[C@H]3C12. The number of fused-ring (bicyclic) bond motifs is 5. The molecular formula is C24H35N3O2. The summed E-state index contributed by atoms with van der Waals surface area (Å²) in [5.74, 6) is 3.83. The van der Waals surface area contributed by atoms with Crippen LogP contribution in [0.1, 0.15) is 65.7 Å². The van der Waals surface area contributed by atoms with Crippen molar-refractivity contribution in [2.45, 2.75) is 77.9 Å². The van der Waals surface area contributed by atoms with Crippen LogP contribution in [0.4, 0.5) is 0 Å². The predicted octanol–water partition coefficient (Wildman–Crippen LogP) is 4.33. The van der Waals surface area contributed by atoms with Crippen LogP contribution in [0.25, 0.3) is 0 Å². The number of nitrogens with zero attached hydrogens (tertiary/aromatic N) is 3. The summed E-state index contributed by atoms with van der Waals surface area (Å²) in [7, 11) is 2.05. The average Bonchev–Trinajstić information content (AvgIpc) is 3.03.